The molecular weight excluding hydrogens is 352 g/mol. The van der Waals surface area contributed by atoms with E-state index in [1.807, 2.05) is 6.07 Å². The molecule has 0 aliphatic rings. The molecule has 4 N–H and O–H groups in total. The van der Waals surface area contributed by atoms with Crippen LogP contribution in [0.25, 0.3) is 10.8 Å². The Bertz CT molecular complexity index is 1090. The largest absolute Gasteiger partial charge is 0.484 e. The summed E-state index contributed by atoms with van der Waals surface area (Å²) in [5, 5.41) is 9.57. The van der Waals surface area contributed by atoms with E-state index in [1.54, 1.807) is 30.3 Å². The molecule has 0 saturated carbocycles. The lowest BCUT2D eigenvalue weighted by molar-refractivity contribution is -0.125. The molecule has 27 heavy (non-hydrogen) atoms. The average molecular weight is 368 g/mol. The summed E-state index contributed by atoms with van der Waals surface area (Å²) in [5.41, 5.74) is -0.840. The molecular formula is C18H16N4O5. The Hall–Kier alpha value is -3.88. The summed E-state index contributed by atoms with van der Waals surface area (Å²) in [4.78, 5) is 47.6. The number of para-hydroxylation sites is 1. The lowest BCUT2D eigenvalue weighted by atomic mass is 10.1. The summed E-state index contributed by atoms with van der Waals surface area (Å²) in [7, 11) is 0. The molecule has 0 spiro atoms. The van der Waals surface area contributed by atoms with Crippen molar-refractivity contribution in [3.05, 3.63) is 69.2 Å². The van der Waals surface area contributed by atoms with E-state index < -0.39 is 22.9 Å². The predicted octanol–water partition coefficient (Wildman–Crippen LogP) is 0.350. The number of carbonyl (C=O) groups excluding carboxylic acids is 2. The molecule has 138 valence electrons. The van der Waals surface area contributed by atoms with E-state index in [9.17, 15) is 19.2 Å². The monoisotopic (exact) mass is 368 g/mol. The number of benzene rings is 2. The number of hydrogen-bond acceptors (Lipinski definition) is 5. The lowest BCUT2D eigenvalue weighted by Crippen LogP contribution is -2.36. The van der Waals surface area contributed by atoms with Gasteiger partial charge in [-0.3, -0.25) is 29.4 Å². The second-order valence-corrected chi connectivity index (χ2v) is 5.56. The van der Waals surface area contributed by atoms with Crippen LogP contribution in [0.3, 0.4) is 0 Å². The molecule has 0 atom stereocenters. The first kappa shape index (κ1) is 17.9. The van der Waals surface area contributed by atoms with E-state index in [-0.39, 0.29) is 29.6 Å². The minimum absolute atomic E-state index is 0.0633. The Morgan fingerprint density at radius 2 is 1.63 bits per heavy atom. The third-order valence-electron chi connectivity index (χ3n) is 3.66. The molecule has 0 radical (unpaired) electrons. The van der Waals surface area contributed by atoms with Crippen LogP contribution in [0.2, 0.25) is 0 Å². The number of aromatic amines is 2. The second-order valence-electron chi connectivity index (χ2n) is 5.56. The quantitative estimate of drug-likeness (QED) is 0.498. The van der Waals surface area contributed by atoms with E-state index in [4.69, 9.17) is 4.74 Å². The van der Waals surface area contributed by atoms with Crippen molar-refractivity contribution in [2.75, 3.05) is 18.5 Å². The topological polar surface area (TPSA) is 133 Å². The molecule has 9 nitrogen and oxygen atoms in total. The third-order valence-corrected chi connectivity index (χ3v) is 3.66. The van der Waals surface area contributed by atoms with Gasteiger partial charge in [-0.25, -0.2) is 0 Å². The molecule has 3 rings (SSSR count). The summed E-state index contributed by atoms with van der Waals surface area (Å²) >= 11 is 0. The molecule has 0 unspecified atom stereocenters. The summed E-state index contributed by atoms with van der Waals surface area (Å²) in [6, 6.07) is 13.3. The number of fused-ring (bicyclic) bond motifs is 1. The maximum absolute atomic E-state index is 12.1. The fourth-order valence-corrected chi connectivity index (χ4v) is 2.42. The van der Waals surface area contributed by atoms with E-state index >= 15 is 0 Å². The van der Waals surface area contributed by atoms with Gasteiger partial charge in [0.2, 0.25) is 5.91 Å². The fourth-order valence-electron chi connectivity index (χ4n) is 2.42. The summed E-state index contributed by atoms with van der Waals surface area (Å²) in [6.45, 7) is -0.547. The number of nitrogens with one attached hydrogen (secondary N) is 4. The maximum Gasteiger partial charge on any atom is 0.272 e. The number of carbonyl (C=O) groups is 2. The molecule has 0 bridgehead atoms. The number of anilines is 1. The van der Waals surface area contributed by atoms with Crippen molar-refractivity contribution in [3.8, 4) is 5.75 Å². The van der Waals surface area contributed by atoms with Crippen LogP contribution < -0.4 is 26.5 Å². The highest BCUT2D eigenvalue weighted by atomic mass is 16.5. The fraction of sp³-hybridized carbons (Fsp3) is 0.111. The van der Waals surface area contributed by atoms with Crippen molar-refractivity contribution in [1.29, 1.82) is 0 Å². The number of H-pyrrole nitrogens is 2. The smallest absolute Gasteiger partial charge is 0.272 e. The van der Waals surface area contributed by atoms with Crippen molar-refractivity contribution < 1.29 is 14.3 Å². The van der Waals surface area contributed by atoms with E-state index in [1.165, 1.54) is 12.1 Å². The molecule has 0 aliphatic heterocycles. The molecule has 2 amide bonds. The van der Waals surface area contributed by atoms with Crippen LogP contribution in [-0.2, 0) is 9.59 Å². The number of aromatic nitrogens is 2. The molecule has 9 heteroatoms. The van der Waals surface area contributed by atoms with Crippen LogP contribution >= 0.6 is 0 Å². The Morgan fingerprint density at radius 3 is 2.41 bits per heavy atom. The predicted molar refractivity (Wildman–Crippen MR) is 98.8 cm³/mol. The molecule has 2 aromatic carbocycles. The van der Waals surface area contributed by atoms with Crippen LogP contribution in [0.4, 0.5) is 5.69 Å². The van der Waals surface area contributed by atoms with Gasteiger partial charge in [0.1, 0.15) is 5.75 Å². The van der Waals surface area contributed by atoms with Gasteiger partial charge in [-0.1, -0.05) is 24.3 Å². The summed E-state index contributed by atoms with van der Waals surface area (Å²) < 4.78 is 5.28. The van der Waals surface area contributed by atoms with Gasteiger partial charge in [-0.05, 0) is 24.3 Å². The Morgan fingerprint density at radius 1 is 0.889 bits per heavy atom. The number of rotatable bonds is 6. The van der Waals surface area contributed by atoms with Gasteiger partial charge >= 0.3 is 0 Å². The Kier molecular flexibility index (Phi) is 5.31. The molecule has 1 aromatic heterocycles. The number of hydrogen-bond donors (Lipinski definition) is 4. The highest BCUT2D eigenvalue weighted by Gasteiger charge is 2.12. The van der Waals surface area contributed by atoms with Gasteiger partial charge in [-0.15, -0.1) is 0 Å². The van der Waals surface area contributed by atoms with Crippen molar-refractivity contribution in [1.82, 2.24) is 15.5 Å². The average Bonchev–Trinajstić information content (AvgIpc) is 2.68. The van der Waals surface area contributed by atoms with Crippen molar-refractivity contribution in [2.45, 2.75) is 0 Å². The van der Waals surface area contributed by atoms with Crippen molar-refractivity contribution in [3.63, 3.8) is 0 Å². The molecule has 3 aromatic rings. The van der Waals surface area contributed by atoms with Gasteiger partial charge in [-0.2, -0.15) is 0 Å². The van der Waals surface area contributed by atoms with Gasteiger partial charge in [0.25, 0.3) is 17.0 Å². The SMILES string of the molecule is O=C(COc1ccccc1)NCC(=O)Nc1cccc2c(=O)[nH][nH]c(=O)c12. The lowest BCUT2D eigenvalue weighted by Gasteiger charge is -2.09. The highest BCUT2D eigenvalue weighted by molar-refractivity contribution is 6.02. The zero-order valence-electron chi connectivity index (χ0n) is 14.1. The number of amides is 2. The number of ether oxygens (including phenoxy) is 1. The first-order valence-electron chi connectivity index (χ1n) is 8.02. The maximum atomic E-state index is 12.1. The van der Waals surface area contributed by atoms with Crippen molar-refractivity contribution >= 4 is 28.3 Å². The normalized spacial score (nSPS) is 10.4. The standard InChI is InChI=1S/C18H16N4O5/c23-14(9-19-15(24)10-27-11-5-2-1-3-6-11)20-13-8-4-7-12-16(13)18(26)22-21-17(12)25/h1-8H,9-10H2,(H,19,24)(H,20,23)(H,21,25)(H,22,26). The third kappa shape index (κ3) is 4.40. The van der Waals surface area contributed by atoms with Crippen molar-refractivity contribution in [2.24, 2.45) is 0 Å². The molecule has 0 fully saturated rings. The van der Waals surface area contributed by atoms with E-state index in [0.29, 0.717) is 5.75 Å². The zero-order valence-corrected chi connectivity index (χ0v) is 14.1. The van der Waals surface area contributed by atoms with E-state index in [0.717, 1.165) is 0 Å². The first-order chi connectivity index (χ1) is 13.0. The van der Waals surface area contributed by atoms with Crippen LogP contribution in [-0.4, -0.2) is 35.2 Å². The Balaban J connectivity index is 1.59. The van der Waals surface area contributed by atoms with Crippen LogP contribution in [0.1, 0.15) is 0 Å². The Labute approximate surface area is 152 Å². The van der Waals surface area contributed by atoms with E-state index in [2.05, 4.69) is 20.8 Å². The first-order valence-corrected chi connectivity index (χ1v) is 8.02. The van der Waals surface area contributed by atoms with Crippen LogP contribution in [0.15, 0.2) is 58.1 Å². The van der Waals surface area contributed by atoms with Crippen LogP contribution in [0.5, 0.6) is 5.75 Å². The van der Waals surface area contributed by atoms with Gasteiger partial charge in [0.15, 0.2) is 6.61 Å². The summed E-state index contributed by atoms with van der Waals surface area (Å²) in [6.07, 6.45) is 0. The van der Waals surface area contributed by atoms with Gasteiger partial charge < -0.3 is 15.4 Å². The van der Waals surface area contributed by atoms with Crippen LogP contribution in [0, 0.1) is 0 Å². The zero-order chi connectivity index (χ0) is 19.2. The molecule has 1 heterocycles. The van der Waals surface area contributed by atoms with Gasteiger partial charge in [0, 0.05) is 0 Å². The van der Waals surface area contributed by atoms with Gasteiger partial charge in [0.05, 0.1) is 23.0 Å². The molecule has 0 saturated heterocycles. The summed E-state index contributed by atoms with van der Waals surface area (Å²) in [5.74, 6) is -0.478. The second kappa shape index (κ2) is 8.00. The highest BCUT2D eigenvalue weighted by Crippen LogP contribution is 2.16. The minimum Gasteiger partial charge on any atom is -0.484 e. The minimum atomic E-state index is -0.546. The molecule has 0 aliphatic carbocycles.